The maximum absolute atomic E-state index is 12.5. The SMILES string of the molecule is CCC(C)(CCBr)NS(=O)(=O)c1cc(Br)ccc1Br. The Morgan fingerprint density at radius 2 is 1.95 bits per heavy atom. The number of sulfonamides is 1. The minimum Gasteiger partial charge on any atom is -0.207 e. The molecule has 7 heteroatoms. The number of halogens is 3. The second-order valence-electron chi connectivity index (χ2n) is 4.53. The number of nitrogens with one attached hydrogen (secondary N) is 1. The second kappa shape index (κ2) is 7.02. The Kier molecular flexibility index (Phi) is 6.51. The van der Waals surface area contributed by atoms with E-state index in [1.54, 1.807) is 18.2 Å². The normalized spacial score (nSPS) is 15.2. The molecule has 1 N–H and O–H groups in total. The Balaban J connectivity index is 3.14. The van der Waals surface area contributed by atoms with E-state index in [0.29, 0.717) is 4.47 Å². The Morgan fingerprint density at radius 3 is 2.47 bits per heavy atom. The van der Waals surface area contributed by atoms with Gasteiger partial charge in [0.25, 0.3) is 0 Å². The number of benzene rings is 1. The van der Waals surface area contributed by atoms with Gasteiger partial charge in [-0.2, -0.15) is 0 Å². The quantitative estimate of drug-likeness (QED) is 0.615. The van der Waals surface area contributed by atoms with E-state index in [9.17, 15) is 8.42 Å². The smallest absolute Gasteiger partial charge is 0.207 e. The molecule has 0 aromatic heterocycles. The van der Waals surface area contributed by atoms with Crippen LogP contribution in [0.3, 0.4) is 0 Å². The van der Waals surface area contributed by atoms with Gasteiger partial charge in [0, 0.05) is 19.8 Å². The zero-order chi connectivity index (χ0) is 14.7. The molecular formula is C12H16Br3NO2S. The van der Waals surface area contributed by atoms with Crippen LogP contribution in [0.15, 0.2) is 32.0 Å². The van der Waals surface area contributed by atoms with Crippen molar-refractivity contribution in [3.05, 3.63) is 27.1 Å². The molecule has 0 amide bonds. The van der Waals surface area contributed by atoms with Crippen LogP contribution < -0.4 is 4.72 Å². The average molecular weight is 478 g/mol. The lowest BCUT2D eigenvalue weighted by molar-refractivity contribution is 0.392. The summed E-state index contributed by atoms with van der Waals surface area (Å²) in [5, 5.41) is 0.750. The van der Waals surface area contributed by atoms with Crippen LogP contribution >= 0.6 is 47.8 Å². The summed E-state index contributed by atoms with van der Waals surface area (Å²) in [7, 11) is -3.55. The van der Waals surface area contributed by atoms with Gasteiger partial charge in [0.1, 0.15) is 0 Å². The molecular weight excluding hydrogens is 462 g/mol. The van der Waals surface area contributed by atoms with Crippen LogP contribution in [0, 0.1) is 0 Å². The van der Waals surface area contributed by atoms with Crippen molar-refractivity contribution in [2.45, 2.75) is 37.1 Å². The van der Waals surface area contributed by atoms with Crippen molar-refractivity contribution in [2.75, 3.05) is 5.33 Å². The number of alkyl halides is 1. The van der Waals surface area contributed by atoms with E-state index >= 15 is 0 Å². The van der Waals surface area contributed by atoms with Gasteiger partial charge in [-0.3, -0.25) is 0 Å². The van der Waals surface area contributed by atoms with E-state index < -0.39 is 15.6 Å². The fourth-order valence-corrected chi connectivity index (χ4v) is 5.46. The minimum atomic E-state index is -3.55. The van der Waals surface area contributed by atoms with Gasteiger partial charge in [-0.1, -0.05) is 38.8 Å². The van der Waals surface area contributed by atoms with Crippen molar-refractivity contribution in [3.63, 3.8) is 0 Å². The maximum atomic E-state index is 12.5. The highest BCUT2D eigenvalue weighted by Crippen LogP contribution is 2.28. The first-order valence-corrected chi connectivity index (χ1v) is 9.98. The van der Waals surface area contributed by atoms with Crippen molar-refractivity contribution in [3.8, 4) is 0 Å². The van der Waals surface area contributed by atoms with Crippen LogP contribution in [0.5, 0.6) is 0 Å². The minimum absolute atomic E-state index is 0.246. The van der Waals surface area contributed by atoms with E-state index in [4.69, 9.17) is 0 Å². The van der Waals surface area contributed by atoms with E-state index in [1.807, 2.05) is 13.8 Å². The number of rotatable bonds is 6. The molecule has 1 aromatic rings. The molecule has 1 rings (SSSR count). The highest BCUT2D eigenvalue weighted by molar-refractivity contribution is 9.11. The summed E-state index contributed by atoms with van der Waals surface area (Å²) < 4.78 is 29.0. The summed E-state index contributed by atoms with van der Waals surface area (Å²) >= 11 is 9.95. The standard InChI is InChI=1S/C12H16Br3NO2S/c1-3-12(2,6-7-13)16-19(17,18)11-8-9(14)4-5-10(11)15/h4-5,8,16H,3,6-7H2,1-2H3. The van der Waals surface area contributed by atoms with Crippen LogP contribution in [-0.2, 0) is 10.0 Å². The molecule has 0 saturated heterocycles. The first-order chi connectivity index (χ1) is 8.74. The largest absolute Gasteiger partial charge is 0.242 e. The van der Waals surface area contributed by atoms with Crippen LogP contribution in [0.1, 0.15) is 26.7 Å². The van der Waals surface area contributed by atoms with E-state index in [1.165, 1.54) is 0 Å². The Morgan fingerprint density at radius 1 is 1.32 bits per heavy atom. The third-order valence-corrected chi connectivity index (χ3v) is 6.51. The first kappa shape index (κ1) is 17.6. The third kappa shape index (κ3) is 4.81. The molecule has 0 spiro atoms. The summed E-state index contributed by atoms with van der Waals surface area (Å²) in [6.45, 7) is 3.89. The summed E-state index contributed by atoms with van der Waals surface area (Å²) in [5.41, 5.74) is -0.454. The van der Waals surface area contributed by atoms with Crippen LogP contribution in [-0.4, -0.2) is 19.3 Å². The molecule has 0 heterocycles. The lowest BCUT2D eigenvalue weighted by atomic mass is 9.98. The summed E-state index contributed by atoms with van der Waals surface area (Å²) in [6, 6.07) is 5.10. The van der Waals surface area contributed by atoms with Crippen molar-refractivity contribution in [1.29, 1.82) is 0 Å². The second-order valence-corrected chi connectivity index (χ2v) is 8.75. The molecule has 0 aliphatic heterocycles. The van der Waals surface area contributed by atoms with Crippen LogP contribution in [0.2, 0.25) is 0 Å². The van der Waals surface area contributed by atoms with E-state index in [0.717, 1.165) is 22.6 Å². The molecule has 1 aromatic carbocycles. The molecule has 0 bridgehead atoms. The topological polar surface area (TPSA) is 46.2 Å². The predicted molar refractivity (Wildman–Crippen MR) is 89.3 cm³/mol. The molecule has 0 aliphatic rings. The molecule has 0 fully saturated rings. The lowest BCUT2D eigenvalue weighted by Crippen LogP contribution is -2.45. The Hall–Kier alpha value is 0.570. The van der Waals surface area contributed by atoms with Gasteiger partial charge < -0.3 is 0 Å². The lowest BCUT2D eigenvalue weighted by Gasteiger charge is -2.28. The zero-order valence-electron chi connectivity index (χ0n) is 10.7. The van der Waals surface area contributed by atoms with Gasteiger partial charge in [-0.25, -0.2) is 13.1 Å². The molecule has 0 aliphatic carbocycles. The van der Waals surface area contributed by atoms with E-state index in [2.05, 4.69) is 52.5 Å². The number of hydrogen-bond acceptors (Lipinski definition) is 2. The first-order valence-electron chi connectivity index (χ1n) is 5.79. The zero-order valence-corrected chi connectivity index (χ0v) is 16.3. The van der Waals surface area contributed by atoms with Gasteiger partial charge in [0.05, 0.1) is 4.90 Å². The summed E-state index contributed by atoms with van der Waals surface area (Å²) in [6.07, 6.45) is 1.46. The number of hydrogen-bond donors (Lipinski definition) is 1. The van der Waals surface area contributed by atoms with E-state index in [-0.39, 0.29) is 4.90 Å². The van der Waals surface area contributed by atoms with Gasteiger partial charge in [0.15, 0.2) is 0 Å². The van der Waals surface area contributed by atoms with Crippen LogP contribution in [0.4, 0.5) is 0 Å². The monoisotopic (exact) mass is 475 g/mol. The predicted octanol–water partition coefficient (Wildman–Crippen LogP) is 4.44. The van der Waals surface area contributed by atoms with Gasteiger partial charge in [-0.05, 0) is 53.9 Å². The Bertz CT molecular complexity index is 548. The third-order valence-electron chi connectivity index (χ3n) is 2.99. The van der Waals surface area contributed by atoms with Crippen molar-refractivity contribution < 1.29 is 8.42 Å². The highest BCUT2D eigenvalue weighted by Gasteiger charge is 2.29. The van der Waals surface area contributed by atoms with Gasteiger partial charge in [-0.15, -0.1) is 0 Å². The highest BCUT2D eigenvalue weighted by atomic mass is 79.9. The molecule has 0 saturated carbocycles. The van der Waals surface area contributed by atoms with Crippen molar-refractivity contribution in [2.24, 2.45) is 0 Å². The van der Waals surface area contributed by atoms with Crippen molar-refractivity contribution >= 4 is 57.8 Å². The average Bonchev–Trinajstić information content (AvgIpc) is 2.31. The van der Waals surface area contributed by atoms with Gasteiger partial charge >= 0.3 is 0 Å². The molecule has 3 nitrogen and oxygen atoms in total. The molecule has 1 atom stereocenters. The summed E-state index contributed by atoms with van der Waals surface area (Å²) in [4.78, 5) is 0.246. The maximum Gasteiger partial charge on any atom is 0.242 e. The summed E-state index contributed by atoms with van der Waals surface area (Å²) in [5.74, 6) is 0. The fourth-order valence-electron chi connectivity index (χ4n) is 1.57. The van der Waals surface area contributed by atoms with Gasteiger partial charge in [0.2, 0.25) is 10.0 Å². The van der Waals surface area contributed by atoms with Crippen molar-refractivity contribution in [1.82, 2.24) is 4.72 Å². The molecule has 1 unspecified atom stereocenters. The molecule has 108 valence electrons. The fraction of sp³-hybridized carbons (Fsp3) is 0.500. The Labute approximate surface area is 140 Å². The van der Waals surface area contributed by atoms with Crippen LogP contribution in [0.25, 0.3) is 0 Å². The molecule has 19 heavy (non-hydrogen) atoms. The molecule has 0 radical (unpaired) electrons.